The van der Waals surface area contributed by atoms with Crippen LogP contribution in [0.5, 0.6) is 0 Å². The maximum Gasteiger partial charge on any atom is 0.0584 e. The van der Waals surface area contributed by atoms with Gasteiger partial charge in [0.15, 0.2) is 0 Å². The number of benzene rings is 1. The van der Waals surface area contributed by atoms with Gasteiger partial charge in [0.05, 0.1) is 6.54 Å². The van der Waals surface area contributed by atoms with Crippen molar-refractivity contribution in [3.8, 4) is 0 Å². The number of aryl methyl sites for hydroxylation is 1. The van der Waals surface area contributed by atoms with Crippen LogP contribution in [0, 0.1) is 0 Å². The number of nitrogen functional groups attached to an aromatic ring is 1. The van der Waals surface area contributed by atoms with Crippen LogP contribution in [0.3, 0.4) is 0 Å². The molecule has 0 aliphatic carbocycles. The molecule has 4 heteroatoms. The number of hydrogen-bond acceptors (Lipinski definition) is 3. The lowest BCUT2D eigenvalue weighted by Gasteiger charge is -2.31. The van der Waals surface area contributed by atoms with Crippen LogP contribution in [0.2, 0.25) is 0 Å². The highest BCUT2D eigenvalue weighted by atomic mass is 15.3. The first-order chi connectivity index (χ1) is 8.83. The number of anilines is 2. The highest BCUT2D eigenvalue weighted by Gasteiger charge is 2.16. The summed E-state index contributed by atoms with van der Waals surface area (Å²) in [6, 6.07) is 8.21. The zero-order chi connectivity index (χ0) is 12.4. The summed E-state index contributed by atoms with van der Waals surface area (Å²) in [7, 11) is 0. The average Bonchev–Trinajstić information content (AvgIpc) is 2.89. The van der Waals surface area contributed by atoms with Gasteiger partial charge < -0.3 is 10.6 Å². The molecule has 2 heterocycles. The molecule has 0 bridgehead atoms. The summed E-state index contributed by atoms with van der Waals surface area (Å²) in [5.74, 6) is 0. The Morgan fingerprint density at radius 1 is 1.28 bits per heavy atom. The van der Waals surface area contributed by atoms with E-state index in [1.54, 1.807) is 0 Å². The molecule has 0 unspecified atom stereocenters. The molecule has 0 amide bonds. The lowest BCUT2D eigenvalue weighted by atomic mass is 10.0. The third kappa shape index (κ3) is 2.18. The zero-order valence-corrected chi connectivity index (χ0v) is 10.4. The van der Waals surface area contributed by atoms with Crippen LogP contribution in [0.25, 0.3) is 0 Å². The number of nitrogens with two attached hydrogens (primary N) is 1. The molecule has 0 atom stereocenters. The standard InChI is InChI=1S/C14H18N4/c15-13-4-5-14-12(11-13)3-1-7-17(14)9-10-18-8-2-6-16-18/h2,4-6,8,11H,1,3,7,9-10,15H2. The maximum absolute atomic E-state index is 5.85. The van der Waals surface area contributed by atoms with Gasteiger partial charge in [0, 0.05) is 36.9 Å². The third-order valence-electron chi connectivity index (χ3n) is 3.48. The Morgan fingerprint density at radius 3 is 3.06 bits per heavy atom. The van der Waals surface area contributed by atoms with Gasteiger partial charge in [-0.3, -0.25) is 4.68 Å². The van der Waals surface area contributed by atoms with Crippen molar-refractivity contribution in [3.63, 3.8) is 0 Å². The Hall–Kier alpha value is -1.97. The number of rotatable bonds is 3. The van der Waals surface area contributed by atoms with Gasteiger partial charge in [-0.05, 0) is 42.7 Å². The summed E-state index contributed by atoms with van der Waals surface area (Å²) in [5, 5.41) is 4.24. The van der Waals surface area contributed by atoms with Gasteiger partial charge >= 0.3 is 0 Å². The molecule has 0 fully saturated rings. The molecule has 2 N–H and O–H groups in total. The normalized spacial score (nSPS) is 14.6. The van der Waals surface area contributed by atoms with E-state index < -0.39 is 0 Å². The molecule has 2 aromatic rings. The van der Waals surface area contributed by atoms with E-state index in [2.05, 4.69) is 22.1 Å². The van der Waals surface area contributed by atoms with Crippen molar-refractivity contribution in [2.45, 2.75) is 19.4 Å². The van der Waals surface area contributed by atoms with E-state index in [4.69, 9.17) is 5.73 Å². The first kappa shape index (κ1) is 11.1. The van der Waals surface area contributed by atoms with Crippen molar-refractivity contribution >= 4 is 11.4 Å². The second-order valence-electron chi connectivity index (χ2n) is 4.75. The fourth-order valence-electron chi connectivity index (χ4n) is 2.58. The van der Waals surface area contributed by atoms with Crippen molar-refractivity contribution in [3.05, 3.63) is 42.2 Å². The van der Waals surface area contributed by atoms with Gasteiger partial charge in [-0.25, -0.2) is 0 Å². The monoisotopic (exact) mass is 242 g/mol. The van der Waals surface area contributed by atoms with Gasteiger partial charge in [-0.1, -0.05) is 0 Å². The maximum atomic E-state index is 5.85. The smallest absolute Gasteiger partial charge is 0.0584 e. The molecular weight excluding hydrogens is 224 g/mol. The molecule has 0 spiro atoms. The SMILES string of the molecule is Nc1ccc2c(c1)CCCN2CCn1cccn1. The zero-order valence-electron chi connectivity index (χ0n) is 10.4. The van der Waals surface area contributed by atoms with Gasteiger partial charge in [0.1, 0.15) is 0 Å². The highest BCUT2D eigenvalue weighted by Crippen LogP contribution is 2.28. The van der Waals surface area contributed by atoms with Crippen molar-refractivity contribution in [1.82, 2.24) is 9.78 Å². The van der Waals surface area contributed by atoms with Gasteiger partial charge in [0.2, 0.25) is 0 Å². The van der Waals surface area contributed by atoms with Crippen LogP contribution in [-0.4, -0.2) is 22.9 Å². The number of nitrogens with zero attached hydrogens (tertiary/aromatic N) is 3. The summed E-state index contributed by atoms with van der Waals surface area (Å²) in [4.78, 5) is 2.43. The molecule has 1 aliphatic heterocycles. The van der Waals surface area contributed by atoms with E-state index >= 15 is 0 Å². The minimum atomic E-state index is 0.864. The van der Waals surface area contributed by atoms with Crippen molar-refractivity contribution in [1.29, 1.82) is 0 Å². The second-order valence-corrected chi connectivity index (χ2v) is 4.75. The van der Waals surface area contributed by atoms with E-state index in [0.717, 1.165) is 31.7 Å². The molecule has 1 aromatic heterocycles. The summed E-state index contributed by atoms with van der Waals surface area (Å²) in [6.45, 7) is 3.05. The Bertz CT molecular complexity index is 519. The average molecular weight is 242 g/mol. The molecule has 4 nitrogen and oxygen atoms in total. The molecule has 18 heavy (non-hydrogen) atoms. The quantitative estimate of drug-likeness (QED) is 0.836. The van der Waals surface area contributed by atoms with Crippen LogP contribution in [0.4, 0.5) is 11.4 Å². The molecule has 0 radical (unpaired) electrons. The molecule has 94 valence electrons. The molecule has 0 saturated heterocycles. The number of fused-ring (bicyclic) bond motifs is 1. The second kappa shape index (κ2) is 4.72. The van der Waals surface area contributed by atoms with Gasteiger partial charge in [-0.15, -0.1) is 0 Å². The first-order valence-corrected chi connectivity index (χ1v) is 6.44. The Labute approximate surface area is 107 Å². The van der Waals surface area contributed by atoms with E-state index in [1.165, 1.54) is 17.7 Å². The predicted molar refractivity (Wildman–Crippen MR) is 73.6 cm³/mol. The number of hydrogen-bond donors (Lipinski definition) is 1. The highest BCUT2D eigenvalue weighted by molar-refractivity contribution is 5.61. The summed E-state index contributed by atoms with van der Waals surface area (Å²) in [6.07, 6.45) is 6.17. The lowest BCUT2D eigenvalue weighted by molar-refractivity contribution is 0.579. The van der Waals surface area contributed by atoms with Gasteiger partial charge in [0.25, 0.3) is 0 Å². The van der Waals surface area contributed by atoms with Crippen LogP contribution in [-0.2, 0) is 13.0 Å². The summed E-state index contributed by atoms with van der Waals surface area (Å²) in [5.41, 5.74) is 9.42. The van der Waals surface area contributed by atoms with E-state index in [1.807, 2.05) is 29.2 Å². The minimum absolute atomic E-state index is 0.864. The number of aromatic nitrogens is 2. The lowest BCUT2D eigenvalue weighted by Crippen LogP contribution is -2.32. The minimum Gasteiger partial charge on any atom is -0.399 e. The van der Waals surface area contributed by atoms with Crippen molar-refractivity contribution in [2.24, 2.45) is 0 Å². The first-order valence-electron chi connectivity index (χ1n) is 6.44. The summed E-state index contributed by atoms with van der Waals surface area (Å²) >= 11 is 0. The fraction of sp³-hybridized carbons (Fsp3) is 0.357. The molecule has 1 aliphatic rings. The van der Waals surface area contributed by atoms with Gasteiger partial charge in [-0.2, -0.15) is 5.10 Å². The third-order valence-corrected chi connectivity index (χ3v) is 3.48. The Balaban J connectivity index is 1.75. The van der Waals surface area contributed by atoms with E-state index in [9.17, 15) is 0 Å². The molecule has 3 rings (SSSR count). The van der Waals surface area contributed by atoms with E-state index in [-0.39, 0.29) is 0 Å². The van der Waals surface area contributed by atoms with Crippen molar-refractivity contribution < 1.29 is 0 Å². The molecular formula is C14H18N4. The van der Waals surface area contributed by atoms with Crippen LogP contribution < -0.4 is 10.6 Å². The predicted octanol–water partition coefficient (Wildman–Crippen LogP) is 1.92. The van der Waals surface area contributed by atoms with Crippen molar-refractivity contribution in [2.75, 3.05) is 23.7 Å². The topological polar surface area (TPSA) is 47.1 Å². The van der Waals surface area contributed by atoms with Crippen LogP contribution in [0.1, 0.15) is 12.0 Å². The van der Waals surface area contributed by atoms with Crippen LogP contribution in [0.15, 0.2) is 36.7 Å². The molecule has 0 saturated carbocycles. The molecule has 1 aromatic carbocycles. The Kier molecular flexibility index (Phi) is 2.92. The largest absolute Gasteiger partial charge is 0.399 e. The fourth-order valence-corrected chi connectivity index (χ4v) is 2.58. The Morgan fingerprint density at radius 2 is 2.22 bits per heavy atom. The summed E-state index contributed by atoms with van der Waals surface area (Å²) < 4.78 is 1.98. The van der Waals surface area contributed by atoms with E-state index in [0.29, 0.717) is 0 Å². The van der Waals surface area contributed by atoms with Crippen LogP contribution >= 0.6 is 0 Å².